The van der Waals surface area contributed by atoms with Crippen LogP contribution in [-0.2, 0) is 4.79 Å². The van der Waals surface area contributed by atoms with Gasteiger partial charge in [-0.05, 0) is 12.8 Å². The molecule has 0 radical (unpaired) electrons. The van der Waals surface area contributed by atoms with Crippen LogP contribution in [0.2, 0.25) is 0 Å². The fourth-order valence-electron chi connectivity index (χ4n) is 1.35. The van der Waals surface area contributed by atoms with E-state index in [2.05, 4.69) is 0 Å². The van der Waals surface area contributed by atoms with Gasteiger partial charge in [0, 0.05) is 13.1 Å². The molecule has 1 amide bonds. The van der Waals surface area contributed by atoms with E-state index in [0.717, 1.165) is 0 Å². The van der Waals surface area contributed by atoms with Crippen LogP contribution in [0.5, 0.6) is 0 Å². The molecular weight excluding hydrogens is 156 g/mol. The van der Waals surface area contributed by atoms with Gasteiger partial charge >= 0.3 is 0 Å². The van der Waals surface area contributed by atoms with Gasteiger partial charge in [-0.25, -0.2) is 0 Å². The van der Waals surface area contributed by atoms with Crippen molar-refractivity contribution >= 4 is 5.91 Å². The molecular formula is C8H16N2O2. The Hall–Kier alpha value is -0.610. The zero-order chi connectivity index (χ0) is 9.14. The van der Waals surface area contributed by atoms with E-state index in [9.17, 15) is 4.79 Å². The Morgan fingerprint density at radius 1 is 1.83 bits per heavy atom. The smallest absolute Gasteiger partial charge is 0.239 e. The number of aliphatic hydroxyl groups excluding tert-OH is 1. The summed E-state index contributed by atoms with van der Waals surface area (Å²) in [4.78, 5) is 13.0. The fourth-order valence-corrected chi connectivity index (χ4v) is 1.35. The largest absolute Gasteiger partial charge is 0.391 e. The first kappa shape index (κ1) is 9.48. The van der Waals surface area contributed by atoms with Gasteiger partial charge in [-0.2, -0.15) is 0 Å². The Morgan fingerprint density at radius 3 is 2.92 bits per heavy atom. The maximum absolute atomic E-state index is 11.4. The SMILES string of the molecule is CC[C@H](N)C(=O)N1CC[C@@H](O)C1. The Balaban J connectivity index is 2.43. The number of amides is 1. The first-order valence-corrected chi connectivity index (χ1v) is 4.37. The van der Waals surface area contributed by atoms with E-state index in [1.165, 1.54) is 0 Å². The van der Waals surface area contributed by atoms with Crippen LogP contribution in [-0.4, -0.2) is 41.1 Å². The lowest BCUT2D eigenvalue weighted by Crippen LogP contribution is -2.42. The number of carbonyl (C=O) groups is 1. The van der Waals surface area contributed by atoms with E-state index in [1.54, 1.807) is 4.90 Å². The van der Waals surface area contributed by atoms with Gasteiger partial charge in [-0.15, -0.1) is 0 Å². The van der Waals surface area contributed by atoms with E-state index in [0.29, 0.717) is 25.9 Å². The minimum Gasteiger partial charge on any atom is -0.391 e. The average molecular weight is 172 g/mol. The molecule has 0 aromatic rings. The Kier molecular flexibility index (Phi) is 3.05. The number of likely N-dealkylation sites (tertiary alicyclic amines) is 1. The highest BCUT2D eigenvalue weighted by atomic mass is 16.3. The third kappa shape index (κ3) is 1.95. The summed E-state index contributed by atoms with van der Waals surface area (Å²) in [7, 11) is 0. The molecule has 4 heteroatoms. The van der Waals surface area contributed by atoms with Gasteiger partial charge in [-0.1, -0.05) is 6.92 Å². The van der Waals surface area contributed by atoms with E-state index in [1.807, 2.05) is 6.92 Å². The van der Waals surface area contributed by atoms with E-state index in [4.69, 9.17) is 10.8 Å². The van der Waals surface area contributed by atoms with E-state index in [-0.39, 0.29) is 12.0 Å². The number of carbonyl (C=O) groups excluding carboxylic acids is 1. The molecule has 1 aliphatic heterocycles. The first-order valence-electron chi connectivity index (χ1n) is 4.37. The summed E-state index contributed by atoms with van der Waals surface area (Å²) in [6, 6.07) is -0.393. The number of aliphatic hydroxyl groups is 1. The first-order chi connectivity index (χ1) is 5.65. The van der Waals surface area contributed by atoms with Crippen LogP contribution >= 0.6 is 0 Å². The molecule has 1 rings (SSSR count). The maximum Gasteiger partial charge on any atom is 0.239 e. The Labute approximate surface area is 72.3 Å². The predicted octanol–water partition coefficient (Wildman–Crippen LogP) is -0.683. The van der Waals surface area contributed by atoms with E-state index < -0.39 is 6.04 Å². The average Bonchev–Trinajstić information content (AvgIpc) is 2.49. The topological polar surface area (TPSA) is 66.6 Å². The van der Waals surface area contributed by atoms with Crippen LogP contribution < -0.4 is 5.73 Å². The van der Waals surface area contributed by atoms with Gasteiger partial charge in [0.25, 0.3) is 0 Å². The Bertz CT molecular complexity index is 172. The molecule has 1 aliphatic rings. The highest BCUT2D eigenvalue weighted by molar-refractivity contribution is 5.81. The van der Waals surface area contributed by atoms with Crippen LogP contribution in [0.25, 0.3) is 0 Å². The highest BCUT2D eigenvalue weighted by Gasteiger charge is 2.26. The molecule has 0 aliphatic carbocycles. The predicted molar refractivity (Wildman–Crippen MR) is 45.5 cm³/mol. The van der Waals surface area contributed by atoms with Crippen molar-refractivity contribution < 1.29 is 9.90 Å². The van der Waals surface area contributed by atoms with E-state index >= 15 is 0 Å². The summed E-state index contributed by atoms with van der Waals surface area (Å²) >= 11 is 0. The summed E-state index contributed by atoms with van der Waals surface area (Å²) in [5.74, 6) is -0.0333. The molecule has 0 bridgehead atoms. The molecule has 0 saturated carbocycles. The lowest BCUT2D eigenvalue weighted by atomic mass is 10.2. The van der Waals surface area contributed by atoms with Crippen molar-refractivity contribution in [2.75, 3.05) is 13.1 Å². The van der Waals surface area contributed by atoms with Crippen molar-refractivity contribution in [2.45, 2.75) is 31.9 Å². The number of hydrogen-bond donors (Lipinski definition) is 2. The second kappa shape index (κ2) is 3.87. The van der Waals surface area contributed by atoms with Gasteiger partial charge in [0.15, 0.2) is 0 Å². The molecule has 0 spiro atoms. The minimum atomic E-state index is -0.393. The number of hydrogen-bond acceptors (Lipinski definition) is 3. The lowest BCUT2D eigenvalue weighted by molar-refractivity contribution is -0.131. The van der Waals surface area contributed by atoms with Crippen LogP contribution in [0.4, 0.5) is 0 Å². The van der Waals surface area contributed by atoms with Crippen LogP contribution in [0.3, 0.4) is 0 Å². The lowest BCUT2D eigenvalue weighted by Gasteiger charge is -2.18. The molecule has 1 saturated heterocycles. The van der Waals surface area contributed by atoms with Crippen molar-refractivity contribution in [1.82, 2.24) is 4.90 Å². The van der Waals surface area contributed by atoms with Crippen molar-refractivity contribution in [3.63, 3.8) is 0 Å². The third-order valence-electron chi connectivity index (χ3n) is 2.23. The van der Waals surface area contributed by atoms with Crippen molar-refractivity contribution in [2.24, 2.45) is 5.73 Å². The fraction of sp³-hybridized carbons (Fsp3) is 0.875. The molecule has 2 atom stereocenters. The molecule has 0 unspecified atom stereocenters. The summed E-state index contributed by atoms with van der Waals surface area (Å²) < 4.78 is 0. The van der Waals surface area contributed by atoms with Crippen molar-refractivity contribution in [1.29, 1.82) is 0 Å². The second-order valence-corrected chi connectivity index (χ2v) is 3.24. The molecule has 1 heterocycles. The van der Waals surface area contributed by atoms with Crippen molar-refractivity contribution in [3.8, 4) is 0 Å². The molecule has 12 heavy (non-hydrogen) atoms. The van der Waals surface area contributed by atoms with Crippen LogP contribution in [0.15, 0.2) is 0 Å². The molecule has 4 nitrogen and oxygen atoms in total. The Morgan fingerprint density at radius 2 is 2.50 bits per heavy atom. The van der Waals surface area contributed by atoms with Gasteiger partial charge in [0.2, 0.25) is 5.91 Å². The number of β-amino-alcohol motifs (C(OH)–C–C–N with tert-alkyl or cyclic N) is 1. The maximum atomic E-state index is 11.4. The van der Waals surface area contributed by atoms with Gasteiger partial charge in [0.1, 0.15) is 0 Å². The van der Waals surface area contributed by atoms with Crippen LogP contribution in [0, 0.1) is 0 Å². The van der Waals surface area contributed by atoms with Crippen LogP contribution in [0.1, 0.15) is 19.8 Å². The summed E-state index contributed by atoms with van der Waals surface area (Å²) in [6.45, 7) is 2.98. The zero-order valence-corrected chi connectivity index (χ0v) is 7.36. The minimum absolute atomic E-state index is 0.0333. The normalized spacial score (nSPS) is 25.9. The van der Waals surface area contributed by atoms with Crippen molar-refractivity contribution in [3.05, 3.63) is 0 Å². The molecule has 0 aromatic heterocycles. The molecule has 3 N–H and O–H groups in total. The highest BCUT2D eigenvalue weighted by Crippen LogP contribution is 2.10. The standard InChI is InChI=1S/C8H16N2O2/c1-2-7(9)8(12)10-4-3-6(11)5-10/h6-7,11H,2-5,9H2,1H3/t6-,7+/m1/s1. The van der Waals surface area contributed by atoms with Gasteiger partial charge in [-0.3, -0.25) is 4.79 Å². The number of rotatable bonds is 2. The van der Waals surface area contributed by atoms with Gasteiger partial charge < -0.3 is 15.7 Å². The number of nitrogens with zero attached hydrogens (tertiary/aromatic N) is 1. The molecule has 0 aromatic carbocycles. The zero-order valence-electron chi connectivity index (χ0n) is 7.36. The summed E-state index contributed by atoms with van der Waals surface area (Å²) in [6.07, 6.45) is 0.992. The third-order valence-corrected chi connectivity index (χ3v) is 2.23. The molecule has 70 valence electrons. The quantitative estimate of drug-likeness (QED) is 0.580. The second-order valence-electron chi connectivity index (χ2n) is 3.24. The summed E-state index contributed by atoms with van der Waals surface area (Å²) in [5, 5.41) is 9.17. The van der Waals surface area contributed by atoms with Gasteiger partial charge in [0.05, 0.1) is 12.1 Å². The summed E-state index contributed by atoms with van der Waals surface area (Å²) in [5.41, 5.74) is 5.57. The monoisotopic (exact) mass is 172 g/mol. The number of nitrogens with two attached hydrogens (primary N) is 1. The molecule has 1 fully saturated rings.